The second-order valence-electron chi connectivity index (χ2n) is 5.70. The molecule has 0 bridgehead atoms. The van der Waals surface area contributed by atoms with E-state index in [4.69, 9.17) is 0 Å². The molecule has 0 aliphatic heterocycles. The van der Waals surface area contributed by atoms with Crippen LogP contribution in [0.1, 0.15) is 30.7 Å². The van der Waals surface area contributed by atoms with Gasteiger partial charge < -0.3 is 4.90 Å². The van der Waals surface area contributed by atoms with Crippen molar-refractivity contribution in [2.24, 2.45) is 5.92 Å². The predicted molar refractivity (Wildman–Crippen MR) is 86.9 cm³/mol. The molecule has 0 N–H and O–H groups in total. The summed E-state index contributed by atoms with van der Waals surface area (Å²) in [6.45, 7) is 1.07. The van der Waals surface area contributed by atoms with Crippen LogP contribution in [-0.4, -0.2) is 36.5 Å². The fourth-order valence-corrected chi connectivity index (χ4v) is 3.68. The molecule has 1 saturated carbocycles. The Balaban J connectivity index is 2.05. The van der Waals surface area contributed by atoms with Gasteiger partial charge in [-0.05, 0) is 44.0 Å². The quantitative estimate of drug-likeness (QED) is 0.825. The Morgan fingerprint density at radius 3 is 2.70 bits per heavy atom. The van der Waals surface area contributed by atoms with Gasteiger partial charge in [0.1, 0.15) is 0 Å². The summed E-state index contributed by atoms with van der Waals surface area (Å²) in [4.78, 5) is 2.40. The summed E-state index contributed by atoms with van der Waals surface area (Å²) in [7, 11) is 2.18. The van der Waals surface area contributed by atoms with Gasteiger partial charge in [-0.2, -0.15) is 17.0 Å². The van der Waals surface area contributed by atoms with Gasteiger partial charge in [-0.3, -0.25) is 0 Å². The molecule has 1 aliphatic rings. The number of nitrogens with zero attached hydrogens (tertiary/aromatic N) is 2. The molecule has 20 heavy (non-hydrogen) atoms. The minimum atomic E-state index is 0.196. The zero-order chi connectivity index (χ0) is 14.4. The van der Waals surface area contributed by atoms with Crippen LogP contribution in [-0.2, 0) is 0 Å². The maximum Gasteiger partial charge on any atom is 0.0672 e. The van der Waals surface area contributed by atoms with Gasteiger partial charge in [0.05, 0.1) is 12.0 Å². The Kier molecular flexibility index (Phi) is 5.94. The maximum absolute atomic E-state index is 9.41. The van der Waals surface area contributed by atoms with E-state index in [1.807, 2.05) is 11.8 Å². The highest BCUT2D eigenvalue weighted by Crippen LogP contribution is 2.37. The second-order valence-corrected chi connectivity index (χ2v) is 6.68. The molecule has 3 heteroatoms. The minimum absolute atomic E-state index is 0.196. The van der Waals surface area contributed by atoms with Gasteiger partial charge in [-0.25, -0.2) is 0 Å². The molecule has 0 aromatic heterocycles. The zero-order valence-electron chi connectivity index (χ0n) is 12.5. The van der Waals surface area contributed by atoms with Crippen molar-refractivity contribution in [2.75, 3.05) is 25.6 Å². The molecule has 0 saturated heterocycles. The summed E-state index contributed by atoms with van der Waals surface area (Å²) in [5.41, 5.74) is 1.44. The Morgan fingerprint density at radius 1 is 1.30 bits per heavy atom. The molecule has 0 radical (unpaired) electrons. The number of benzene rings is 1. The summed E-state index contributed by atoms with van der Waals surface area (Å²) in [6, 6.07) is 13.7. The van der Waals surface area contributed by atoms with Crippen molar-refractivity contribution in [1.82, 2.24) is 4.90 Å². The average molecular weight is 288 g/mol. The maximum atomic E-state index is 9.41. The SMILES string of the molecule is CSCCN(C)C1CC(c2ccccc2)CCC1C#N. The van der Waals surface area contributed by atoms with Gasteiger partial charge in [-0.1, -0.05) is 30.3 Å². The fourth-order valence-electron chi connectivity index (χ4n) is 3.21. The van der Waals surface area contributed by atoms with Crippen molar-refractivity contribution in [1.29, 1.82) is 5.26 Å². The van der Waals surface area contributed by atoms with Crippen molar-refractivity contribution >= 4 is 11.8 Å². The van der Waals surface area contributed by atoms with Gasteiger partial charge in [0.25, 0.3) is 0 Å². The van der Waals surface area contributed by atoms with Crippen LogP contribution in [0.5, 0.6) is 0 Å². The highest BCUT2D eigenvalue weighted by atomic mass is 32.2. The smallest absolute Gasteiger partial charge is 0.0672 e. The van der Waals surface area contributed by atoms with E-state index in [0.717, 1.165) is 31.6 Å². The topological polar surface area (TPSA) is 27.0 Å². The number of hydrogen-bond acceptors (Lipinski definition) is 3. The molecule has 0 amide bonds. The van der Waals surface area contributed by atoms with Crippen molar-refractivity contribution in [3.63, 3.8) is 0 Å². The van der Waals surface area contributed by atoms with E-state index in [0.29, 0.717) is 12.0 Å². The van der Waals surface area contributed by atoms with Crippen molar-refractivity contribution < 1.29 is 0 Å². The summed E-state index contributed by atoms with van der Waals surface area (Å²) in [5, 5.41) is 9.41. The minimum Gasteiger partial charge on any atom is -0.301 e. The first kappa shape index (κ1) is 15.4. The standard InChI is InChI=1S/C17H24N2S/c1-19(10-11-20-2)17-12-15(8-9-16(17)13-18)14-6-4-3-5-7-14/h3-7,15-17H,8-12H2,1-2H3. The van der Waals surface area contributed by atoms with Crippen molar-refractivity contribution in [2.45, 2.75) is 31.2 Å². The van der Waals surface area contributed by atoms with Crippen LogP contribution in [0, 0.1) is 17.2 Å². The van der Waals surface area contributed by atoms with Crippen LogP contribution in [0.15, 0.2) is 30.3 Å². The first-order valence-electron chi connectivity index (χ1n) is 7.40. The van der Waals surface area contributed by atoms with Gasteiger partial charge in [0.2, 0.25) is 0 Å². The molecule has 3 unspecified atom stereocenters. The molecule has 1 fully saturated rings. The van der Waals surface area contributed by atoms with E-state index in [-0.39, 0.29) is 5.92 Å². The zero-order valence-corrected chi connectivity index (χ0v) is 13.3. The molecule has 3 atom stereocenters. The Hall–Kier alpha value is -0.980. The predicted octanol–water partition coefficient (Wildman–Crippen LogP) is 3.76. The van der Waals surface area contributed by atoms with Gasteiger partial charge in [0.15, 0.2) is 0 Å². The van der Waals surface area contributed by atoms with Crippen molar-refractivity contribution in [3.05, 3.63) is 35.9 Å². The molecule has 1 aromatic carbocycles. The van der Waals surface area contributed by atoms with E-state index in [9.17, 15) is 5.26 Å². The van der Waals surface area contributed by atoms with Crippen LogP contribution in [0.25, 0.3) is 0 Å². The number of rotatable bonds is 5. The number of thioether (sulfide) groups is 1. The monoisotopic (exact) mass is 288 g/mol. The Labute approximate surface area is 127 Å². The van der Waals surface area contributed by atoms with E-state index in [2.05, 4.69) is 54.6 Å². The molecule has 108 valence electrons. The van der Waals surface area contributed by atoms with E-state index in [1.54, 1.807) is 0 Å². The molecular weight excluding hydrogens is 264 g/mol. The average Bonchev–Trinajstić information content (AvgIpc) is 2.52. The molecule has 0 heterocycles. The number of nitriles is 1. The third kappa shape index (κ3) is 3.77. The highest BCUT2D eigenvalue weighted by Gasteiger charge is 2.33. The summed E-state index contributed by atoms with van der Waals surface area (Å²) in [6.07, 6.45) is 5.44. The number of hydrogen-bond donors (Lipinski definition) is 0. The van der Waals surface area contributed by atoms with Crippen LogP contribution in [0.2, 0.25) is 0 Å². The lowest BCUT2D eigenvalue weighted by molar-refractivity contribution is 0.153. The van der Waals surface area contributed by atoms with E-state index >= 15 is 0 Å². The van der Waals surface area contributed by atoms with Crippen LogP contribution >= 0.6 is 11.8 Å². The molecule has 1 aromatic rings. The fraction of sp³-hybridized carbons (Fsp3) is 0.588. The van der Waals surface area contributed by atoms with Gasteiger partial charge >= 0.3 is 0 Å². The Morgan fingerprint density at radius 2 is 2.05 bits per heavy atom. The normalized spacial score (nSPS) is 26.4. The van der Waals surface area contributed by atoms with Crippen LogP contribution in [0.3, 0.4) is 0 Å². The molecule has 2 rings (SSSR count). The molecule has 1 aliphatic carbocycles. The summed E-state index contributed by atoms with van der Waals surface area (Å²) >= 11 is 1.88. The van der Waals surface area contributed by atoms with E-state index < -0.39 is 0 Å². The van der Waals surface area contributed by atoms with Gasteiger partial charge in [0, 0.05) is 18.3 Å². The highest BCUT2D eigenvalue weighted by molar-refractivity contribution is 7.98. The van der Waals surface area contributed by atoms with Crippen molar-refractivity contribution in [3.8, 4) is 6.07 Å². The lowest BCUT2D eigenvalue weighted by Crippen LogP contribution is -2.42. The molecule has 0 spiro atoms. The van der Waals surface area contributed by atoms with Crippen LogP contribution < -0.4 is 0 Å². The molecular formula is C17H24N2S. The first-order valence-corrected chi connectivity index (χ1v) is 8.79. The summed E-state index contributed by atoms with van der Waals surface area (Å²) < 4.78 is 0. The first-order chi connectivity index (χ1) is 9.76. The third-order valence-corrected chi connectivity index (χ3v) is 5.06. The lowest BCUT2D eigenvalue weighted by Gasteiger charge is -2.38. The summed E-state index contributed by atoms with van der Waals surface area (Å²) in [5.74, 6) is 1.95. The Bertz CT molecular complexity index is 440. The van der Waals surface area contributed by atoms with Crippen LogP contribution in [0.4, 0.5) is 0 Å². The lowest BCUT2D eigenvalue weighted by atomic mass is 9.75. The van der Waals surface area contributed by atoms with E-state index in [1.165, 1.54) is 5.56 Å². The molecule has 2 nitrogen and oxygen atoms in total. The van der Waals surface area contributed by atoms with Gasteiger partial charge in [-0.15, -0.1) is 0 Å². The largest absolute Gasteiger partial charge is 0.301 e. The third-order valence-electron chi connectivity index (χ3n) is 4.47. The second kappa shape index (κ2) is 7.71.